The summed E-state index contributed by atoms with van der Waals surface area (Å²) in [5, 5.41) is 8.09. The highest BCUT2D eigenvalue weighted by atomic mass is 35.5. The minimum atomic E-state index is -1.39. The summed E-state index contributed by atoms with van der Waals surface area (Å²) in [5.41, 5.74) is -1.50. The summed E-state index contributed by atoms with van der Waals surface area (Å²) in [7, 11) is 1.72. The Morgan fingerprint density at radius 1 is 0.973 bits per heavy atom. The van der Waals surface area contributed by atoms with E-state index in [4.69, 9.17) is 23.2 Å². The molecule has 0 spiro atoms. The van der Waals surface area contributed by atoms with Crippen LogP contribution in [0.5, 0.6) is 0 Å². The molecule has 9 nitrogen and oxygen atoms in total. The van der Waals surface area contributed by atoms with Crippen molar-refractivity contribution in [2.24, 2.45) is 7.05 Å². The van der Waals surface area contributed by atoms with Gasteiger partial charge in [-0.3, -0.25) is 14.2 Å². The van der Waals surface area contributed by atoms with Gasteiger partial charge in [0.2, 0.25) is 5.95 Å². The Bertz CT molecular complexity index is 1820. The molecule has 0 aliphatic heterocycles. The zero-order chi connectivity index (χ0) is 26.4. The molecule has 0 amide bonds. The van der Waals surface area contributed by atoms with Crippen molar-refractivity contribution in [2.45, 2.75) is 6.54 Å². The number of fused-ring (bicyclic) bond motifs is 1. The number of rotatable bonds is 5. The number of nitrogens with zero attached hydrogens (tertiary/aromatic N) is 6. The van der Waals surface area contributed by atoms with Gasteiger partial charge in [0.05, 0.1) is 39.7 Å². The van der Waals surface area contributed by atoms with E-state index in [1.807, 2.05) is 0 Å². The monoisotopic (exact) mass is 547 g/mol. The molecule has 3 heterocycles. The first kappa shape index (κ1) is 24.5. The van der Waals surface area contributed by atoms with Gasteiger partial charge < -0.3 is 5.32 Å². The van der Waals surface area contributed by atoms with Crippen LogP contribution in [-0.4, -0.2) is 28.9 Å². The zero-order valence-electron chi connectivity index (χ0n) is 18.7. The molecule has 0 radical (unpaired) electrons. The molecule has 3 aromatic heterocycles. The van der Waals surface area contributed by atoms with Crippen molar-refractivity contribution in [3.63, 3.8) is 0 Å². The molecule has 0 aliphatic rings. The lowest BCUT2D eigenvalue weighted by atomic mass is 10.2. The summed E-state index contributed by atoms with van der Waals surface area (Å²) in [6, 6.07) is 5.47. The van der Waals surface area contributed by atoms with Gasteiger partial charge in [-0.05, 0) is 24.3 Å². The van der Waals surface area contributed by atoms with E-state index in [0.29, 0.717) is 27.6 Å². The van der Waals surface area contributed by atoms with Gasteiger partial charge in [0.15, 0.2) is 11.6 Å². The molecule has 188 valence electrons. The molecule has 0 fully saturated rings. The summed E-state index contributed by atoms with van der Waals surface area (Å²) in [6.45, 7) is -0.613. The highest BCUT2D eigenvalue weighted by Crippen LogP contribution is 2.29. The van der Waals surface area contributed by atoms with Crippen molar-refractivity contribution in [3.8, 4) is 5.69 Å². The van der Waals surface area contributed by atoms with E-state index >= 15 is 0 Å². The third-order valence-corrected chi connectivity index (χ3v) is 5.91. The lowest BCUT2D eigenvalue weighted by molar-refractivity contribution is 0.487. The van der Waals surface area contributed by atoms with Crippen molar-refractivity contribution in [3.05, 3.63) is 103 Å². The van der Waals surface area contributed by atoms with Crippen molar-refractivity contribution >= 4 is 45.7 Å². The Morgan fingerprint density at radius 2 is 1.73 bits per heavy atom. The van der Waals surface area contributed by atoms with E-state index in [1.165, 1.54) is 18.5 Å². The number of anilines is 2. The molecule has 37 heavy (non-hydrogen) atoms. The molecular formula is C23H14Cl2F3N7O2. The molecule has 0 saturated carbocycles. The zero-order valence-corrected chi connectivity index (χ0v) is 20.2. The average Bonchev–Trinajstić information content (AvgIpc) is 3.18. The molecule has 0 saturated heterocycles. The van der Waals surface area contributed by atoms with Gasteiger partial charge in [-0.2, -0.15) is 10.1 Å². The van der Waals surface area contributed by atoms with Gasteiger partial charge in [0.1, 0.15) is 5.82 Å². The molecule has 5 rings (SSSR count). The maximum Gasteiger partial charge on any atom is 0.359 e. The molecular weight excluding hydrogens is 534 g/mol. The fraction of sp³-hybridized carbons (Fsp3) is 0.0870. The van der Waals surface area contributed by atoms with E-state index in [1.54, 1.807) is 30.1 Å². The average molecular weight is 548 g/mol. The second-order valence-electron chi connectivity index (χ2n) is 7.96. The van der Waals surface area contributed by atoms with Crippen LogP contribution in [0.25, 0.3) is 16.6 Å². The van der Waals surface area contributed by atoms with Crippen molar-refractivity contribution in [1.29, 1.82) is 0 Å². The summed E-state index contributed by atoms with van der Waals surface area (Å²) >= 11 is 12.3. The van der Waals surface area contributed by atoms with Crippen LogP contribution < -0.4 is 16.7 Å². The summed E-state index contributed by atoms with van der Waals surface area (Å²) < 4.78 is 45.0. The molecule has 0 unspecified atom stereocenters. The third-order valence-electron chi connectivity index (χ3n) is 5.39. The first-order valence-corrected chi connectivity index (χ1v) is 11.2. The lowest BCUT2D eigenvalue weighted by Crippen LogP contribution is -2.42. The van der Waals surface area contributed by atoms with E-state index in [9.17, 15) is 22.8 Å². The van der Waals surface area contributed by atoms with Crippen molar-refractivity contribution < 1.29 is 13.2 Å². The van der Waals surface area contributed by atoms with E-state index in [2.05, 4.69) is 20.4 Å². The second kappa shape index (κ2) is 9.37. The van der Waals surface area contributed by atoms with Gasteiger partial charge in [-0.1, -0.05) is 23.2 Å². The molecule has 14 heteroatoms. The van der Waals surface area contributed by atoms with Crippen molar-refractivity contribution in [1.82, 2.24) is 28.9 Å². The minimum absolute atomic E-state index is 0.00382. The maximum atomic E-state index is 14.5. The standard InChI is InChI=1S/C23H14Cl2F3N7O2/c1-33-9-12-3-20(15(25)5-19(12)32-33)30-21-31-22(36)35(14-4-13(24)7-29-8-14)23(37)34(21)10-11-2-17(27)18(28)6-16(11)26/h2-9H,10H2,1H3,(H,30,31,36). The molecule has 0 bridgehead atoms. The smallest absolute Gasteiger partial charge is 0.324 e. The molecule has 0 atom stereocenters. The molecule has 1 N–H and O–H groups in total. The van der Waals surface area contributed by atoms with Gasteiger partial charge in [0.25, 0.3) is 0 Å². The van der Waals surface area contributed by atoms with Crippen LogP contribution in [0, 0.1) is 17.5 Å². The normalized spacial score (nSPS) is 11.3. The van der Waals surface area contributed by atoms with Crippen LogP contribution >= 0.6 is 23.2 Å². The van der Waals surface area contributed by atoms with Crippen LogP contribution in [0.15, 0.2) is 58.5 Å². The Labute approximate surface area is 215 Å². The number of hydrogen-bond acceptors (Lipinski definition) is 6. The van der Waals surface area contributed by atoms with E-state index in [-0.39, 0.29) is 32.9 Å². The number of nitrogens with one attached hydrogen (secondary N) is 1. The topological polar surface area (TPSA) is 99.6 Å². The van der Waals surface area contributed by atoms with Crippen molar-refractivity contribution in [2.75, 3.05) is 5.32 Å². The molecule has 5 aromatic rings. The Hall–Kier alpha value is -4.16. The Balaban J connectivity index is 1.70. The van der Waals surface area contributed by atoms with Crippen LogP contribution in [0.2, 0.25) is 10.0 Å². The molecule has 0 aliphatic carbocycles. The summed E-state index contributed by atoms with van der Waals surface area (Å²) in [6.07, 6.45) is 4.22. The van der Waals surface area contributed by atoms with Gasteiger partial charge >= 0.3 is 11.4 Å². The number of halogens is 5. The fourth-order valence-electron chi connectivity index (χ4n) is 3.72. The van der Waals surface area contributed by atoms with Gasteiger partial charge in [-0.15, -0.1) is 0 Å². The number of pyridine rings is 1. The number of aromatic nitrogens is 6. The number of benzene rings is 2. The first-order chi connectivity index (χ1) is 17.6. The molecule has 2 aromatic carbocycles. The van der Waals surface area contributed by atoms with Gasteiger partial charge in [0, 0.05) is 36.5 Å². The summed E-state index contributed by atoms with van der Waals surface area (Å²) in [4.78, 5) is 34.3. The third kappa shape index (κ3) is 4.68. The van der Waals surface area contributed by atoms with Gasteiger partial charge in [-0.25, -0.2) is 27.3 Å². The fourth-order valence-corrected chi connectivity index (χ4v) is 4.09. The van der Waals surface area contributed by atoms with Crippen LogP contribution in [-0.2, 0) is 13.6 Å². The Kier molecular flexibility index (Phi) is 6.21. The highest BCUT2D eigenvalue weighted by molar-refractivity contribution is 6.34. The lowest BCUT2D eigenvalue weighted by Gasteiger charge is -2.16. The highest BCUT2D eigenvalue weighted by Gasteiger charge is 2.19. The van der Waals surface area contributed by atoms with Crippen LogP contribution in [0.4, 0.5) is 24.8 Å². The predicted octanol–water partition coefficient (Wildman–Crippen LogP) is 4.19. The maximum absolute atomic E-state index is 14.5. The van der Waals surface area contributed by atoms with E-state index < -0.39 is 35.4 Å². The number of hydrogen-bond donors (Lipinski definition) is 1. The first-order valence-electron chi connectivity index (χ1n) is 10.5. The predicted molar refractivity (Wildman–Crippen MR) is 131 cm³/mol. The largest absolute Gasteiger partial charge is 0.359 e. The minimum Gasteiger partial charge on any atom is -0.324 e. The quantitative estimate of drug-likeness (QED) is 0.331. The SMILES string of the molecule is Cn1cc2cc(Nc3nc(=O)n(-c4cncc(Cl)c4)c(=O)n3Cc3cc(F)c(F)cc3F)c(Cl)cc2n1. The Morgan fingerprint density at radius 3 is 2.49 bits per heavy atom. The number of aryl methyl sites for hydroxylation is 1. The summed E-state index contributed by atoms with van der Waals surface area (Å²) in [5.74, 6) is -4.13. The van der Waals surface area contributed by atoms with E-state index in [0.717, 1.165) is 4.57 Å². The van der Waals surface area contributed by atoms with Crippen LogP contribution in [0.3, 0.4) is 0 Å². The second-order valence-corrected chi connectivity index (χ2v) is 8.80. The van der Waals surface area contributed by atoms with Crippen LogP contribution in [0.1, 0.15) is 5.56 Å².